The Morgan fingerprint density at radius 3 is 2.42 bits per heavy atom. The summed E-state index contributed by atoms with van der Waals surface area (Å²) in [6, 6.07) is 9.86. The average molecular weight is 293 g/mol. The summed E-state index contributed by atoms with van der Waals surface area (Å²) in [5, 5.41) is 1.47. The van der Waals surface area contributed by atoms with Crippen LogP contribution in [-0.4, -0.2) is 7.38 Å². The van der Waals surface area contributed by atoms with E-state index in [4.69, 9.17) is 11.1 Å². The molecule has 0 fully saturated rings. The second-order valence-electron chi connectivity index (χ2n) is 5.86. The minimum atomic E-state index is -1.71. The van der Waals surface area contributed by atoms with Crippen LogP contribution in [0.3, 0.4) is 0 Å². The molecule has 1 aromatic carbocycles. The van der Waals surface area contributed by atoms with Crippen LogP contribution in [0.2, 0.25) is 12.6 Å². The Kier molecular flexibility index (Phi) is 5.29. The highest BCUT2D eigenvalue weighted by Crippen LogP contribution is 2.43. The maximum absolute atomic E-state index is 6.88. The van der Waals surface area contributed by atoms with E-state index >= 15 is 0 Å². The molecule has 0 aliphatic heterocycles. The molecule has 0 radical (unpaired) electrons. The normalized spacial score (nSPS) is 16.3. The van der Waals surface area contributed by atoms with Crippen LogP contribution in [0.15, 0.2) is 24.3 Å². The number of rotatable bonds is 8. The molecule has 0 bridgehead atoms. The lowest BCUT2D eigenvalue weighted by molar-refractivity contribution is 0.623. The van der Waals surface area contributed by atoms with Gasteiger partial charge in [0.2, 0.25) is 0 Å². The predicted octanol–water partition coefficient (Wildman–Crippen LogP) is 6.25. The van der Waals surface area contributed by atoms with Crippen molar-refractivity contribution in [3.8, 4) is 0 Å². The van der Waals surface area contributed by atoms with Gasteiger partial charge in [0.15, 0.2) is 7.38 Å². The van der Waals surface area contributed by atoms with Crippen molar-refractivity contribution in [1.29, 1.82) is 0 Å². The fourth-order valence-corrected chi connectivity index (χ4v) is 6.13. The Labute approximate surface area is 123 Å². The first-order valence-electron chi connectivity index (χ1n) is 7.65. The van der Waals surface area contributed by atoms with Gasteiger partial charge < -0.3 is 0 Å². The van der Waals surface area contributed by atoms with Crippen LogP contribution in [0.5, 0.6) is 0 Å². The maximum Gasteiger partial charge on any atom is 0.184 e. The molecule has 0 N–H and O–H groups in total. The van der Waals surface area contributed by atoms with Crippen molar-refractivity contribution in [2.45, 2.75) is 58.0 Å². The third-order valence-corrected chi connectivity index (χ3v) is 8.12. The highest BCUT2D eigenvalue weighted by molar-refractivity contribution is 7.30. The molecule has 0 amide bonds. The maximum atomic E-state index is 6.88. The summed E-state index contributed by atoms with van der Waals surface area (Å²) in [6.45, 7) is 4.58. The van der Waals surface area contributed by atoms with Gasteiger partial charge >= 0.3 is 0 Å². The number of hydrogen-bond donors (Lipinski definition) is 0. The lowest BCUT2D eigenvalue weighted by atomic mass is 9.98. The smallest absolute Gasteiger partial charge is 0.161 e. The van der Waals surface area contributed by atoms with Gasteiger partial charge in [-0.3, -0.25) is 0 Å². The van der Waals surface area contributed by atoms with Gasteiger partial charge in [-0.2, -0.15) is 11.1 Å². The highest BCUT2D eigenvalue weighted by Gasteiger charge is 2.34. The molecule has 0 spiro atoms. The molecular formula is C17H25ClSi. The van der Waals surface area contributed by atoms with Gasteiger partial charge in [-0.15, -0.1) is 0 Å². The summed E-state index contributed by atoms with van der Waals surface area (Å²) in [5.41, 5.74) is 2.79. The number of hydrogen-bond acceptors (Lipinski definition) is 0. The van der Waals surface area contributed by atoms with Crippen molar-refractivity contribution >= 4 is 29.7 Å². The number of benzene rings is 1. The highest BCUT2D eigenvalue weighted by atomic mass is 35.6. The van der Waals surface area contributed by atoms with Gasteiger partial charge in [-0.25, -0.2) is 0 Å². The summed E-state index contributed by atoms with van der Waals surface area (Å²) in [7, 11) is -1.71. The molecule has 2 heteroatoms. The van der Waals surface area contributed by atoms with E-state index in [0.717, 1.165) is 0 Å². The average Bonchev–Trinajstić information content (AvgIpc) is 2.35. The second kappa shape index (κ2) is 6.76. The van der Waals surface area contributed by atoms with Crippen LogP contribution in [0.4, 0.5) is 0 Å². The predicted molar refractivity (Wildman–Crippen MR) is 90.0 cm³/mol. The third-order valence-electron chi connectivity index (χ3n) is 4.11. The van der Waals surface area contributed by atoms with Gasteiger partial charge in [0, 0.05) is 0 Å². The van der Waals surface area contributed by atoms with Crippen LogP contribution in [-0.2, 0) is 0 Å². The van der Waals surface area contributed by atoms with E-state index in [1.165, 1.54) is 60.9 Å². The van der Waals surface area contributed by atoms with Crippen LogP contribution in [0.25, 0.3) is 11.3 Å². The van der Waals surface area contributed by atoms with E-state index in [-0.39, 0.29) is 0 Å². The Bertz CT molecular complexity index is 448. The minimum Gasteiger partial charge on any atom is -0.161 e. The molecule has 1 aliphatic carbocycles. The first-order valence-corrected chi connectivity index (χ1v) is 11.4. The van der Waals surface area contributed by atoms with Crippen molar-refractivity contribution in [3.05, 3.63) is 35.4 Å². The zero-order valence-corrected chi connectivity index (χ0v) is 14.0. The Hall–Kier alpha value is -0.533. The summed E-state index contributed by atoms with van der Waals surface area (Å²) >= 11 is 6.88. The quantitative estimate of drug-likeness (QED) is 0.301. The van der Waals surface area contributed by atoms with Crippen molar-refractivity contribution in [1.82, 2.24) is 0 Å². The molecular weight excluding hydrogens is 268 g/mol. The summed E-state index contributed by atoms with van der Waals surface area (Å²) in [5.74, 6) is 0. The van der Waals surface area contributed by atoms with Gasteiger partial charge in [0.05, 0.1) is 0 Å². The SMILES string of the molecule is CCCCCCCC[Si](C)(Cl)C1=Cc2ccccc21. The molecule has 0 aromatic heterocycles. The molecule has 0 heterocycles. The summed E-state index contributed by atoms with van der Waals surface area (Å²) in [6.07, 6.45) is 10.4. The van der Waals surface area contributed by atoms with E-state index in [1.807, 2.05) is 0 Å². The molecule has 104 valence electrons. The number of unbranched alkanes of at least 4 members (excludes halogenated alkanes) is 5. The fourth-order valence-electron chi connectivity index (χ4n) is 2.83. The van der Waals surface area contributed by atoms with Gasteiger partial charge in [0.25, 0.3) is 0 Å². The van der Waals surface area contributed by atoms with Crippen LogP contribution >= 0.6 is 11.1 Å². The minimum absolute atomic E-state index is 1.22. The Balaban J connectivity index is 1.77. The van der Waals surface area contributed by atoms with Crippen LogP contribution in [0, 0.1) is 0 Å². The van der Waals surface area contributed by atoms with Crippen molar-refractivity contribution in [2.24, 2.45) is 0 Å². The van der Waals surface area contributed by atoms with Gasteiger partial charge in [-0.1, -0.05) is 82.3 Å². The van der Waals surface area contributed by atoms with E-state index < -0.39 is 7.38 Å². The molecule has 0 nitrogen and oxygen atoms in total. The molecule has 19 heavy (non-hydrogen) atoms. The lowest BCUT2D eigenvalue weighted by Gasteiger charge is -2.30. The van der Waals surface area contributed by atoms with Gasteiger partial charge in [0.1, 0.15) is 0 Å². The third kappa shape index (κ3) is 3.73. The molecule has 1 unspecified atom stereocenters. The van der Waals surface area contributed by atoms with Crippen molar-refractivity contribution in [3.63, 3.8) is 0 Å². The number of halogens is 1. The topological polar surface area (TPSA) is 0 Å². The summed E-state index contributed by atoms with van der Waals surface area (Å²) < 4.78 is 0. The van der Waals surface area contributed by atoms with Crippen molar-refractivity contribution < 1.29 is 0 Å². The summed E-state index contributed by atoms with van der Waals surface area (Å²) in [4.78, 5) is 0. The lowest BCUT2D eigenvalue weighted by Crippen LogP contribution is -2.28. The van der Waals surface area contributed by atoms with Crippen LogP contribution < -0.4 is 0 Å². The van der Waals surface area contributed by atoms with Crippen LogP contribution in [0.1, 0.15) is 56.6 Å². The molecule has 1 aromatic rings. The van der Waals surface area contributed by atoms with E-state index in [1.54, 1.807) is 0 Å². The largest absolute Gasteiger partial charge is 0.184 e. The van der Waals surface area contributed by atoms with E-state index in [2.05, 4.69) is 43.8 Å². The molecule has 0 saturated heterocycles. The standard InChI is InChI=1S/C17H25ClSi/c1-3-4-5-6-7-10-13-19(2,18)17-14-15-11-8-9-12-16(15)17/h8-9,11-12,14H,3-7,10,13H2,1-2H3. The Morgan fingerprint density at radius 2 is 1.68 bits per heavy atom. The monoisotopic (exact) mass is 292 g/mol. The zero-order chi connectivity index (χ0) is 13.7. The first kappa shape index (κ1) is 14.9. The molecule has 2 rings (SSSR count). The molecule has 1 aliphatic rings. The molecule has 0 saturated carbocycles. The van der Waals surface area contributed by atoms with Gasteiger partial charge in [-0.05, 0) is 22.4 Å². The fraction of sp³-hybridized carbons (Fsp3) is 0.529. The number of fused-ring (bicyclic) bond motifs is 1. The van der Waals surface area contributed by atoms with E-state index in [0.29, 0.717) is 0 Å². The zero-order valence-electron chi connectivity index (χ0n) is 12.2. The Morgan fingerprint density at radius 1 is 1.00 bits per heavy atom. The van der Waals surface area contributed by atoms with E-state index in [9.17, 15) is 0 Å². The molecule has 1 atom stereocenters. The van der Waals surface area contributed by atoms with Crippen molar-refractivity contribution in [2.75, 3.05) is 0 Å². The first-order chi connectivity index (χ1) is 9.15. The second-order valence-corrected chi connectivity index (χ2v) is 11.8.